The molecule has 1 N–H and O–H groups in total. The van der Waals surface area contributed by atoms with Crippen LogP contribution in [0.1, 0.15) is 22.4 Å². The Balaban J connectivity index is 1.71. The van der Waals surface area contributed by atoms with E-state index in [1.165, 1.54) is 16.7 Å². The number of rotatable bonds is 6. The van der Waals surface area contributed by atoms with E-state index in [1.54, 1.807) is 0 Å². The first kappa shape index (κ1) is 17.0. The Labute approximate surface area is 149 Å². The van der Waals surface area contributed by atoms with Crippen molar-refractivity contribution in [1.29, 1.82) is 0 Å². The quantitative estimate of drug-likeness (QED) is 0.729. The number of nitrogens with zero attached hydrogens (tertiary/aromatic N) is 3. The van der Waals surface area contributed by atoms with Crippen molar-refractivity contribution in [1.82, 2.24) is 9.97 Å². The van der Waals surface area contributed by atoms with E-state index in [1.807, 2.05) is 26.1 Å². The zero-order chi connectivity index (χ0) is 17.6. The standard InChI is InChI=1S/C21H24N4/c1-16-8-7-11-19(12-16)14-22-20-13-17(2)23-21(24-20)25(3)15-18-9-5-4-6-10-18/h4-13H,14-15H2,1-3H3,(H,22,23,24). The van der Waals surface area contributed by atoms with E-state index in [0.29, 0.717) is 0 Å². The van der Waals surface area contributed by atoms with Gasteiger partial charge in [-0.05, 0) is 25.0 Å². The lowest BCUT2D eigenvalue weighted by Gasteiger charge is -2.18. The van der Waals surface area contributed by atoms with E-state index in [2.05, 4.69) is 75.6 Å². The zero-order valence-corrected chi connectivity index (χ0v) is 15.0. The second kappa shape index (κ2) is 7.79. The molecule has 0 aliphatic carbocycles. The highest BCUT2D eigenvalue weighted by atomic mass is 15.2. The normalized spacial score (nSPS) is 10.5. The Morgan fingerprint density at radius 2 is 1.64 bits per heavy atom. The third-order valence-electron chi connectivity index (χ3n) is 4.00. The molecule has 25 heavy (non-hydrogen) atoms. The minimum Gasteiger partial charge on any atom is -0.366 e. The lowest BCUT2D eigenvalue weighted by atomic mass is 10.1. The molecule has 0 bridgehead atoms. The molecule has 0 unspecified atom stereocenters. The molecule has 0 amide bonds. The van der Waals surface area contributed by atoms with Crippen LogP contribution in [0.25, 0.3) is 0 Å². The average molecular weight is 332 g/mol. The van der Waals surface area contributed by atoms with Crippen LogP contribution in [0, 0.1) is 13.8 Å². The summed E-state index contributed by atoms with van der Waals surface area (Å²) >= 11 is 0. The summed E-state index contributed by atoms with van der Waals surface area (Å²) in [6.07, 6.45) is 0. The van der Waals surface area contributed by atoms with Gasteiger partial charge in [0.25, 0.3) is 0 Å². The second-order valence-electron chi connectivity index (χ2n) is 6.38. The smallest absolute Gasteiger partial charge is 0.227 e. The third-order valence-corrected chi connectivity index (χ3v) is 4.00. The summed E-state index contributed by atoms with van der Waals surface area (Å²) in [7, 11) is 2.02. The van der Waals surface area contributed by atoms with Gasteiger partial charge < -0.3 is 10.2 Å². The molecule has 4 nitrogen and oxygen atoms in total. The minimum atomic E-state index is 0.732. The van der Waals surface area contributed by atoms with Crippen LogP contribution in [0.15, 0.2) is 60.7 Å². The molecule has 0 spiro atoms. The van der Waals surface area contributed by atoms with Gasteiger partial charge in [-0.2, -0.15) is 4.98 Å². The summed E-state index contributed by atoms with van der Waals surface area (Å²) in [6.45, 7) is 5.63. The van der Waals surface area contributed by atoms with Gasteiger partial charge in [0.15, 0.2) is 0 Å². The van der Waals surface area contributed by atoms with Gasteiger partial charge in [0, 0.05) is 31.9 Å². The maximum atomic E-state index is 4.67. The highest BCUT2D eigenvalue weighted by Crippen LogP contribution is 2.16. The first-order valence-corrected chi connectivity index (χ1v) is 8.50. The maximum Gasteiger partial charge on any atom is 0.227 e. The summed E-state index contributed by atoms with van der Waals surface area (Å²) in [6, 6.07) is 20.8. The molecule has 0 aliphatic heterocycles. The van der Waals surface area contributed by atoms with E-state index < -0.39 is 0 Å². The van der Waals surface area contributed by atoms with Gasteiger partial charge >= 0.3 is 0 Å². The van der Waals surface area contributed by atoms with Crippen LogP contribution < -0.4 is 10.2 Å². The molecule has 1 heterocycles. The molecule has 2 aromatic carbocycles. The first-order valence-electron chi connectivity index (χ1n) is 8.50. The van der Waals surface area contributed by atoms with Gasteiger partial charge in [0.1, 0.15) is 5.82 Å². The third kappa shape index (κ3) is 4.80. The number of anilines is 2. The SMILES string of the molecule is Cc1cccc(CNc2cc(C)nc(N(C)Cc3ccccc3)n2)c1. The van der Waals surface area contributed by atoms with Crippen molar-refractivity contribution >= 4 is 11.8 Å². The molecule has 0 saturated heterocycles. The average Bonchev–Trinajstić information content (AvgIpc) is 2.60. The predicted molar refractivity (Wildman–Crippen MR) is 104 cm³/mol. The van der Waals surface area contributed by atoms with E-state index in [9.17, 15) is 0 Å². The van der Waals surface area contributed by atoms with Crippen molar-refractivity contribution in [3.8, 4) is 0 Å². The molecule has 3 aromatic rings. The topological polar surface area (TPSA) is 41.1 Å². The molecule has 0 atom stereocenters. The number of hydrogen-bond acceptors (Lipinski definition) is 4. The number of aryl methyl sites for hydroxylation is 2. The Morgan fingerprint density at radius 1 is 0.880 bits per heavy atom. The van der Waals surface area contributed by atoms with E-state index >= 15 is 0 Å². The number of hydrogen-bond donors (Lipinski definition) is 1. The van der Waals surface area contributed by atoms with Crippen molar-refractivity contribution in [3.05, 3.63) is 83.0 Å². The highest BCUT2D eigenvalue weighted by molar-refractivity contribution is 5.44. The molecule has 1 aromatic heterocycles. The summed E-state index contributed by atoms with van der Waals surface area (Å²) < 4.78 is 0. The van der Waals surface area contributed by atoms with Gasteiger partial charge in [-0.25, -0.2) is 4.98 Å². The molecular weight excluding hydrogens is 308 g/mol. The fourth-order valence-corrected chi connectivity index (χ4v) is 2.76. The fraction of sp³-hybridized carbons (Fsp3) is 0.238. The number of aromatic nitrogens is 2. The van der Waals surface area contributed by atoms with Crippen LogP contribution in [0.3, 0.4) is 0 Å². The van der Waals surface area contributed by atoms with Gasteiger partial charge in [0.05, 0.1) is 0 Å². The first-order chi connectivity index (χ1) is 12.1. The van der Waals surface area contributed by atoms with Gasteiger partial charge in [0.2, 0.25) is 5.95 Å². The molecule has 4 heteroatoms. The molecule has 0 fully saturated rings. The Hall–Kier alpha value is -2.88. The molecule has 3 rings (SSSR count). The molecular formula is C21H24N4. The van der Waals surface area contributed by atoms with Crippen LogP contribution in [-0.4, -0.2) is 17.0 Å². The summed E-state index contributed by atoms with van der Waals surface area (Å²) in [5.41, 5.74) is 4.71. The zero-order valence-electron chi connectivity index (χ0n) is 15.0. The lowest BCUT2D eigenvalue weighted by molar-refractivity contribution is 0.858. The maximum absolute atomic E-state index is 4.67. The second-order valence-corrected chi connectivity index (χ2v) is 6.38. The van der Waals surface area contributed by atoms with Crippen molar-refractivity contribution in [2.24, 2.45) is 0 Å². The Morgan fingerprint density at radius 3 is 2.40 bits per heavy atom. The number of benzene rings is 2. The van der Waals surface area contributed by atoms with Crippen LogP contribution >= 0.6 is 0 Å². The summed E-state index contributed by atoms with van der Waals surface area (Å²) in [4.78, 5) is 11.3. The Kier molecular flexibility index (Phi) is 5.29. The van der Waals surface area contributed by atoms with Crippen molar-refractivity contribution in [3.63, 3.8) is 0 Å². The fourth-order valence-electron chi connectivity index (χ4n) is 2.76. The molecule has 0 saturated carbocycles. The Bertz CT molecular complexity index is 830. The highest BCUT2D eigenvalue weighted by Gasteiger charge is 2.08. The van der Waals surface area contributed by atoms with Gasteiger partial charge in [-0.1, -0.05) is 60.2 Å². The van der Waals surface area contributed by atoms with E-state index in [-0.39, 0.29) is 0 Å². The van der Waals surface area contributed by atoms with Gasteiger partial charge in [-0.3, -0.25) is 0 Å². The van der Waals surface area contributed by atoms with E-state index in [4.69, 9.17) is 0 Å². The van der Waals surface area contributed by atoms with Crippen LogP contribution in [0.2, 0.25) is 0 Å². The summed E-state index contributed by atoms with van der Waals surface area (Å²) in [5.74, 6) is 1.58. The van der Waals surface area contributed by atoms with E-state index in [0.717, 1.165) is 30.5 Å². The number of nitrogens with one attached hydrogen (secondary N) is 1. The monoisotopic (exact) mass is 332 g/mol. The molecule has 0 radical (unpaired) electrons. The molecule has 0 aliphatic rings. The van der Waals surface area contributed by atoms with Crippen LogP contribution in [-0.2, 0) is 13.1 Å². The van der Waals surface area contributed by atoms with Crippen LogP contribution in [0.4, 0.5) is 11.8 Å². The van der Waals surface area contributed by atoms with Crippen LogP contribution in [0.5, 0.6) is 0 Å². The molecule has 128 valence electrons. The van der Waals surface area contributed by atoms with Gasteiger partial charge in [-0.15, -0.1) is 0 Å². The predicted octanol–water partition coefficient (Wildman–Crippen LogP) is 4.34. The largest absolute Gasteiger partial charge is 0.366 e. The lowest BCUT2D eigenvalue weighted by Crippen LogP contribution is -2.20. The summed E-state index contributed by atoms with van der Waals surface area (Å²) in [5, 5.41) is 3.41. The van der Waals surface area contributed by atoms with Crippen molar-refractivity contribution < 1.29 is 0 Å². The minimum absolute atomic E-state index is 0.732. The van der Waals surface area contributed by atoms with Crippen molar-refractivity contribution in [2.45, 2.75) is 26.9 Å². The van der Waals surface area contributed by atoms with Crippen molar-refractivity contribution in [2.75, 3.05) is 17.3 Å².